The van der Waals surface area contributed by atoms with Crippen LogP contribution in [0.15, 0.2) is 53.2 Å². The number of amides is 1. The van der Waals surface area contributed by atoms with Gasteiger partial charge >= 0.3 is 0 Å². The van der Waals surface area contributed by atoms with Crippen LogP contribution >= 0.6 is 0 Å². The smallest absolute Gasteiger partial charge is 0.247 e. The van der Waals surface area contributed by atoms with Crippen molar-refractivity contribution in [1.82, 2.24) is 4.90 Å². The molecule has 1 aromatic heterocycles. The fraction of sp³-hybridized carbons (Fsp3) is 0.278. The van der Waals surface area contributed by atoms with E-state index in [-0.39, 0.29) is 24.0 Å². The maximum Gasteiger partial charge on any atom is 0.247 e. The number of benzene rings is 1. The Morgan fingerprint density at radius 2 is 2.16 bits per heavy atom. The predicted octanol–water partition coefficient (Wildman–Crippen LogP) is 2.65. The van der Waals surface area contributed by atoms with Crippen LogP contribution in [0.2, 0.25) is 0 Å². The summed E-state index contributed by atoms with van der Waals surface area (Å²) in [5, 5.41) is 0. The molecular weight excluding hydrogens is 345 g/mol. The van der Waals surface area contributed by atoms with Crippen LogP contribution in [0.4, 0.5) is 4.39 Å². The lowest BCUT2D eigenvalue weighted by Gasteiger charge is -2.27. The second-order valence-electron chi connectivity index (χ2n) is 6.00. The van der Waals surface area contributed by atoms with E-state index < -0.39 is 21.7 Å². The monoisotopic (exact) mass is 363 g/mol. The van der Waals surface area contributed by atoms with Crippen LogP contribution in [0.3, 0.4) is 0 Å². The zero-order chi connectivity index (χ0) is 17.9. The molecule has 132 valence electrons. The zero-order valence-corrected chi connectivity index (χ0v) is 14.3. The number of hydrogen-bond donors (Lipinski definition) is 0. The number of halogens is 1. The van der Waals surface area contributed by atoms with Crippen LogP contribution in [-0.4, -0.2) is 36.8 Å². The average molecular weight is 363 g/mol. The van der Waals surface area contributed by atoms with Gasteiger partial charge in [-0.3, -0.25) is 4.79 Å². The predicted molar refractivity (Wildman–Crippen MR) is 91.8 cm³/mol. The maximum atomic E-state index is 13.4. The van der Waals surface area contributed by atoms with Gasteiger partial charge in [-0.1, -0.05) is 12.1 Å². The Labute approximate surface area is 145 Å². The third kappa shape index (κ3) is 4.57. The van der Waals surface area contributed by atoms with Gasteiger partial charge in [0.2, 0.25) is 5.91 Å². The number of furan rings is 1. The first-order valence-electron chi connectivity index (χ1n) is 7.90. The Kier molecular flexibility index (Phi) is 5.03. The molecule has 0 unspecified atom stereocenters. The van der Waals surface area contributed by atoms with Crippen LogP contribution in [0.25, 0.3) is 6.08 Å². The Bertz CT molecular complexity index is 874. The first-order chi connectivity index (χ1) is 11.9. The van der Waals surface area contributed by atoms with Crippen LogP contribution in [0, 0.1) is 5.82 Å². The van der Waals surface area contributed by atoms with Crippen molar-refractivity contribution in [2.75, 3.05) is 11.5 Å². The Morgan fingerprint density at radius 1 is 1.32 bits per heavy atom. The summed E-state index contributed by atoms with van der Waals surface area (Å²) in [6.07, 6.45) is 4.77. The summed E-state index contributed by atoms with van der Waals surface area (Å²) in [5.74, 6) is -0.203. The lowest BCUT2D eigenvalue weighted by atomic mass is 10.1. The van der Waals surface area contributed by atoms with Gasteiger partial charge < -0.3 is 9.32 Å². The molecule has 0 N–H and O–H groups in total. The van der Waals surface area contributed by atoms with Gasteiger partial charge in [-0.15, -0.1) is 0 Å². The van der Waals surface area contributed by atoms with Crippen molar-refractivity contribution in [3.63, 3.8) is 0 Å². The third-order valence-electron chi connectivity index (χ3n) is 4.11. The van der Waals surface area contributed by atoms with Crippen molar-refractivity contribution in [1.29, 1.82) is 0 Å². The average Bonchev–Trinajstić information content (AvgIpc) is 3.19. The summed E-state index contributed by atoms with van der Waals surface area (Å²) in [7, 11) is -3.14. The number of hydrogen-bond acceptors (Lipinski definition) is 4. The fourth-order valence-corrected chi connectivity index (χ4v) is 4.61. The van der Waals surface area contributed by atoms with E-state index in [1.54, 1.807) is 24.3 Å². The SMILES string of the molecule is O=C(/C=C/c1ccco1)N(Cc1cccc(F)c1)[C@H]1CCS(=O)(=O)C1. The summed E-state index contributed by atoms with van der Waals surface area (Å²) >= 11 is 0. The van der Waals surface area contributed by atoms with Crippen molar-refractivity contribution < 1.29 is 22.0 Å². The minimum atomic E-state index is -3.14. The van der Waals surface area contributed by atoms with E-state index in [0.717, 1.165) is 0 Å². The summed E-state index contributed by atoms with van der Waals surface area (Å²) in [5.41, 5.74) is 0.615. The molecule has 3 rings (SSSR count). The van der Waals surface area contributed by atoms with Crippen molar-refractivity contribution in [2.24, 2.45) is 0 Å². The molecule has 1 atom stereocenters. The maximum absolute atomic E-state index is 13.4. The number of sulfone groups is 1. The molecule has 1 fully saturated rings. The molecule has 1 aliphatic heterocycles. The standard InChI is InChI=1S/C18H18FNO4S/c19-15-4-1-3-14(11-15)12-20(16-8-10-25(22,23)13-16)18(21)7-6-17-5-2-9-24-17/h1-7,9,11,16H,8,10,12-13H2/b7-6+/t16-/m0/s1. The van der Waals surface area contributed by atoms with Gasteiger partial charge in [0.05, 0.1) is 17.8 Å². The van der Waals surface area contributed by atoms with Crippen molar-refractivity contribution in [3.8, 4) is 0 Å². The summed E-state index contributed by atoms with van der Waals surface area (Å²) < 4.78 is 42.2. The summed E-state index contributed by atoms with van der Waals surface area (Å²) in [4.78, 5) is 14.1. The van der Waals surface area contributed by atoms with Crippen molar-refractivity contribution in [2.45, 2.75) is 19.0 Å². The molecule has 0 radical (unpaired) electrons. The highest BCUT2D eigenvalue weighted by Crippen LogP contribution is 2.21. The van der Waals surface area contributed by atoms with Crippen LogP contribution in [0.1, 0.15) is 17.7 Å². The molecule has 7 heteroatoms. The van der Waals surface area contributed by atoms with E-state index in [2.05, 4.69) is 0 Å². The third-order valence-corrected chi connectivity index (χ3v) is 5.86. The van der Waals surface area contributed by atoms with Crippen LogP contribution < -0.4 is 0 Å². The molecule has 2 aromatic rings. The van der Waals surface area contributed by atoms with E-state index in [0.29, 0.717) is 17.7 Å². The van der Waals surface area contributed by atoms with E-state index in [4.69, 9.17) is 4.42 Å². The highest BCUT2D eigenvalue weighted by molar-refractivity contribution is 7.91. The summed E-state index contributed by atoms with van der Waals surface area (Å²) in [6, 6.07) is 8.95. The minimum absolute atomic E-state index is 0.0620. The van der Waals surface area contributed by atoms with E-state index in [1.807, 2.05) is 0 Å². The zero-order valence-electron chi connectivity index (χ0n) is 13.5. The number of carbonyl (C=O) groups excluding carboxylic acids is 1. The second kappa shape index (κ2) is 7.23. The Balaban J connectivity index is 1.82. The molecule has 0 spiro atoms. The molecule has 1 amide bonds. The van der Waals surface area contributed by atoms with Crippen LogP contribution in [0.5, 0.6) is 0 Å². The lowest BCUT2D eigenvalue weighted by Crippen LogP contribution is -2.39. The molecule has 25 heavy (non-hydrogen) atoms. The summed E-state index contributed by atoms with van der Waals surface area (Å²) in [6.45, 7) is 0.152. The van der Waals surface area contributed by atoms with Crippen molar-refractivity contribution in [3.05, 3.63) is 65.9 Å². The molecule has 0 saturated carbocycles. The van der Waals surface area contributed by atoms with Gasteiger partial charge in [-0.2, -0.15) is 0 Å². The van der Waals surface area contributed by atoms with Gasteiger partial charge in [0, 0.05) is 18.7 Å². The molecule has 5 nitrogen and oxygen atoms in total. The van der Waals surface area contributed by atoms with Gasteiger partial charge in [0.15, 0.2) is 9.84 Å². The fourth-order valence-electron chi connectivity index (χ4n) is 2.88. The Morgan fingerprint density at radius 3 is 2.80 bits per heavy atom. The molecule has 1 saturated heterocycles. The highest BCUT2D eigenvalue weighted by atomic mass is 32.2. The topological polar surface area (TPSA) is 67.6 Å². The van der Waals surface area contributed by atoms with E-state index >= 15 is 0 Å². The molecular formula is C18H18FNO4S. The van der Waals surface area contributed by atoms with Gasteiger partial charge in [0.1, 0.15) is 11.6 Å². The molecule has 2 heterocycles. The number of rotatable bonds is 5. The normalized spacial score (nSPS) is 19.3. The first kappa shape index (κ1) is 17.4. The number of carbonyl (C=O) groups is 1. The van der Waals surface area contributed by atoms with Gasteiger partial charge in [0.25, 0.3) is 0 Å². The number of nitrogens with zero attached hydrogens (tertiary/aromatic N) is 1. The quantitative estimate of drug-likeness (QED) is 0.766. The molecule has 0 aliphatic carbocycles. The van der Waals surface area contributed by atoms with Gasteiger partial charge in [-0.25, -0.2) is 12.8 Å². The second-order valence-corrected chi connectivity index (χ2v) is 8.23. The van der Waals surface area contributed by atoms with Gasteiger partial charge in [-0.05, 0) is 42.3 Å². The van der Waals surface area contributed by atoms with Crippen molar-refractivity contribution >= 4 is 21.8 Å². The van der Waals surface area contributed by atoms with Crippen LogP contribution in [-0.2, 0) is 21.2 Å². The van der Waals surface area contributed by atoms with E-state index in [1.165, 1.54) is 35.4 Å². The largest absolute Gasteiger partial charge is 0.465 e. The lowest BCUT2D eigenvalue weighted by molar-refractivity contribution is -0.128. The first-order valence-corrected chi connectivity index (χ1v) is 9.72. The molecule has 1 aliphatic rings. The minimum Gasteiger partial charge on any atom is -0.465 e. The van der Waals surface area contributed by atoms with E-state index in [9.17, 15) is 17.6 Å². The Hall–Kier alpha value is -2.41. The molecule has 0 bridgehead atoms. The highest BCUT2D eigenvalue weighted by Gasteiger charge is 2.34. The molecule has 1 aromatic carbocycles.